The second-order valence-corrected chi connectivity index (χ2v) is 11.3. The molecule has 230 valence electrons. The number of rotatable bonds is 3. The zero-order valence-corrected chi connectivity index (χ0v) is 23.7. The molecule has 0 saturated carbocycles. The van der Waals surface area contributed by atoms with Crippen LogP contribution in [0.2, 0.25) is 0 Å². The number of alkyl halides is 3. The lowest BCUT2D eigenvalue weighted by atomic mass is 9.94. The van der Waals surface area contributed by atoms with Crippen LogP contribution in [0.3, 0.4) is 0 Å². The van der Waals surface area contributed by atoms with Crippen LogP contribution < -0.4 is 15.4 Å². The van der Waals surface area contributed by atoms with E-state index >= 15 is 0 Å². The first kappa shape index (κ1) is 30.4. The van der Waals surface area contributed by atoms with Gasteiger partial charge in [0.25, 0.3) is 6.08 Å². The van der Waals surface area contributed by atoms with Gasteiger partial charge in [-0.25, -0.2) is 0 Å². The zero-order chi connectivity index (χ0) is 30.0. The summed E-state index contributed by atoms with van der Waals surface area (Å²) in [4.78, 5) is 13.2. The average molecular weight is 598 g/mol. The van der Waals surface area contributed by atoms with Crippen LogP contribution in [0.1, 0.15) is 54.7 Å². The minimum absolute atomic E-state index is 0.00840. The fourth-order valence-electron chi connectivity index (χ4n) is 6.13. The molecular formula is C29H36F5N5O3. The highest BCUT2D eigenvalue weighted by atomic mass is 19.4. The summed E-state index contributed by atoms with van der Waals surface area (Å²) in [7, 11) is 1.47. The quantitative estimate of drug-likeness (QED) is 0.373. The Morgan fingerprint density at radius 1 is 1.14 bits per heavy atom. The largest absolute Gasteiger partial charge is 0.467 e. The van der Waals surface area contributed by atoms with Crippen molar-refractivity contribution in [2.24, 2.45) is 5.92 Å². The Bertz CT molecular complexity index is 1290. The third kappa shape index (κ3) is 6.78. The molecule has 3 atom stereocenters. The van der Waals surface area contributed by atoms with Gasteiger partial charge in [-0.05, 0) is 55.5 Å². The number of aromatic nitrogens is 2. The fraction of sp³-hybridized carbons (Fsp3) is 0.586. The fourth-order valence-corrected chi connectivity index (χ4v) is 6.13. The number of hydrogen-bond donors (Lipinski definition) is 1. The molecular weight excluding hydrogens is 561 g/mol. The van der Waals surface area contributed by atoms with Crippen LogP contribution in [0.5, 0.6) is 6.01 Å². The van der Waals surface area contributed by atoms with Crippen LogP contribution in [0.4, 0.5) is 33.5 Å². The van der Waals surface area contributed by atoms with Gasteiger partial charge in [0, 0.05) is 48.9 Å². The molecule has 2 aromatic rings. The van der Waals surface area contributed by atoms with Crippen molar-refractivity contribution >= 4 is 11.5 Å². The normalized spacial score (nSPS) is 24.4. The van der Waals surface area contributed by atoms with E-state index in [9.17, 15) is 22.0 Å². The molecule has 3 unspecified atom stereocenters. The topological polar surface area (TPSA) is 86.0 Å². The first-order valence-corrected chi connectivity index (χ1v) is 14.1. The van der Waals surface area contributed by atoms with E-state index in [-0.39, 0.29) is 30.3 Å². The van der Waals surface area contributed by atoms with Crippen LogP contribution >= 0.6 is 0 Å². The first-order valence-electron chi connectivity index (χ1n) is 14.1. The van der Waals surface area contributed by atoms with Crippen molar-refractivity contribution in [3.05, 3.63) is 52.2 Å². The van der Waals surface area contributed by atoms with E-state index < -0.39 is 23.9 Å². The van der Waals surface area contributed by atoms with Gasteiger partial charge in [0.15, 0.2) is 0 Å². The van der Waals surface area contributed by atoms with Crippen LogP contribution in [-0.2, 0) is 28.7 Å². The van der Waals surface area contributed by atoms with Crippen molar-refractivity contribution in [3.63, 3.8) is 0 Å². The number of nitrogens with zero attached hydrogens (tertiary/aromatic N) is 4. The van der Waals surface area contributed by atoms with Crippen LogP contribution in [0, 0.1) is 5.92 Å². The molecule has 13 heteroatoms. The standard InChI is InChI=1S/C21H25F3N4O3.C8H11F2N/c1-12-9-28(5-6-30-10-12)19-15-11-31-18(8-17(15)26-20(27-19)29-2)14-7-13(25)3-4-16(14)21(22,23)24;9-8(10)6-4-7-2-1-3-11(7)5-6/h3-4,7,12,18H,5-6,8-11,25H2,1-2H3;7H,1-5H2. The average Bonchev–Trinajstić information content (AvgIpc) is 3.50. The van der Waals surface area contributed by atoms with Gasteiger partial charge in [0.1, 0.15) is 5.82 Å². The van der Waals surface area contributed by atoms with Crippen LogP contribution in [0.15, 0.2) is 29.9 Å². The predicted molar refractivity (Wildman–Crippen MR) is 146 cm³/mol. The molecule has 0 amide bonds. The van der Waals surface area contributed by atoms with E-state index in [4.69, 9.17) is 19.9 Å². The predicted octanol–water partition coefficient (Wildman–Crippen LogP) is 5.38. The van der Waals surface area contributed by atoms with Crippen molar-refractivity contribution in [2.75, 3.05) is 57.1 Å². The molecule has 8 nitrogen and oxygen atoms in total. The zero-order valence-electron chi connectivity index (χ0n) is 23.7. The summed E-state index contributed by atoms with van der Waals surface area (Å²) >= 11 is 0. The number of ether oxygens (including phenoxy) is 3. The highest BCUT2D eigenvalue weighted by Crippen LogP contribution is 2.41. The highest BCUT2D eigenvalue weighted by Gasteiger charge is 2.38. The number of nitrogens with two attached hydrogens (primary N) is 1. The van der Waals surface area contributed by atoms with Gasteiger partial charge < -0.3 is 24.8 Å². The van der Waals surface area contributed by atoms with Gasteiger partial charge >= 0.3 is 12.2 Å². The Hall–Kier alpha value is -3.03. The SMILES string of the molecule is COc1nc2c(c(N3CCOCC(C)C3)n1)COC(c1cc(N)ccc1C(F)(F)F)C2.FC(F)=C1CC2CCCN2C1. The monoisotopic (exact) mass is 597 g/mol. The second-order valence-electron chi connectivity index (χ2n) is 11.3. The number of halogens is 5. The summed E-state index contributed by atoms with van der Waals surface area (Å²) in [5.74, 6) is 0.985. The molecule has 6 rings (SSSR count). The van der Waals surface area contributed by atoms with Gasteiger partial charge in [-0.3, -0.25) is 4.90 Å². The Morgan fingerprint density at radius 2 is 1.95 bits per heavy atom. The number of nitrogen functional groups attached to an aromatic ring is 1. The molecule has 0 bridgehead atoms. The number of hydrogen-bond acceptors (Lipinski definition) is 8. The number of anilines is 2. The smallest absolute Gasteiger partial charge is 0.416 e. The Morgan fingerprint density at radius 3 is 2.67 bits per heavy atom. The van der Waals surface area contributed by atoms with Crippen molar-refractivity contribution in [2.45, 2.75) is 57.5 Å². The van der Waals surface area contributed by atoms with Crippen molar-refractivity contribution in [1.29, 1.82) is 0 Å². The van der Waals surface area contributed by atoms with E-state index in [1.807, 2.05) is 0 Å². The highest BCUT2D eigenvalue weighted by molar-refractivity contribution is 5.52. The van der Waals surface area contributed by atoms with E-state index in [0.717, 1.165) is 31.1 Å². The molecule has 1 aromatic heterocycles. The molecule has 0 radical (unpaired) electrons. The summed E-state index contributed by atoms with van der Waals surface area (Å²) < 4.78 is 81.7. The van der Waals surface area contributed by atoms with Gasteiger partial charge in [0.2, 0.25) is 0 Å². The number of methoxy groups -OCH3 is 1. The molecule has 3 fully saturated rings. The molecule has 5 heterocycles. The summed E-state index contributed by atoms with van der Waals surface area (Å²) in [6, 6.07) is 4.18. The van der Waals surface area contributed by atoms with Gasteiger partial charge in [-0.15, -0.1) is 0 Å². The Kier molecular flexibility index (Phi) is 9.19. The van der Waals surface area contributed by atoms with Crippen molar-refractivity contribution in [1.82, 2.24) is 14.9 Å². The maximum absolute atomic E-state index is 13.6. The lowest BCUT2D eigenvalue weighted by Gasteiger charge is -2.31. The minimum atomic E-state index is -4.51. The van der Waals surface area contributed by atoms with Crippen LogP contribution in [0.25, 0.3) is 0 Å². The summed E-state index contributed by atoms with van der Waals surface area (Å²) in [5.41, 5.74) is 7.04. The van der Waals surface area contributed by atoms with E-state index in [0.29, 0.717) is 61.8 Å². The number of benzene rings is 1. The van der Waals surface area contributed by atoms with Gasteiger partial charge in [-0.1, -0.05) is 6.92 Å². The van der Waals surface area contributed by atoms with E-state index in [1.54, 1.807) is 0 Å². The van der Waals surface area contributed by atoms with E-state index in [2.05, 4.69) is 26.7 Å². The Balaban J connectivity index is 0.000000267. The maximum Gasteiger partial charge on any atom is 0.416 e. The molecule has 2 N–H and O–H groups in total. The maximum atomic E-state index is 13.6. The lowest BCUT2D eigenvalue weighted by Crippen LogP contribution is -2.32. The molecule has 1 aromatic carbocycles. The number of fused-ring (bicyclic) bond motifs is 2. The van der Waals surface area contributed by atoms with Crippen molar-refractivity contribution in [3.8, 4) is 6.01 Å². The Labute approximate surface area is 241 Å². The third-order valence-corrected chi connectivity index (χ3v) is 8.15. The summed E-state index contributed by atoms with van der Waals surface area (Å²) in [6.07, 6.45) is -3.71. The first-order chi connectivity index (χ1) is 20.0. The minimum Gasteiger partial charge on any atom is -0.467 e. The molecule has 0 spiro atoms. The summed E-state index contributed by atoms with van der Waals surface area (Å²) in [5, 5.41) is 0. The molecule has 4 aliphatic rings. The van der Waals surface area contributed by atoms with Gasteiger partial charge in [0.05, 0.1) is 44.3 Å². The van der Waals surface area contributed by atoms with E-state index in [1.165, 1.54) is 25.7 Å². The molecule has 4 aliphatic heterocycles. The molecule has 0 aliphatic carbocycles. The van der Waals surface area contributed by atoms with Crippen LogP contribution in [-0.4, -0.2) is 67.4 Å². The third-order valence-electron chi connectivity index (χ3n) is 8.15. The second kappa shape index (κ2) is 12.7. The van der Waals surface area contributed by atoms with Gasteiger partial charge in [-0.2, -0.15) is 31.9 Å². The molecule has 3 saturated heterocycles. The summed E-state index contributed by atoms with van der Waals surface area (Å²) in [6.45, 7) is 6.33. The lowest BCUT2D eigenvalue weighted by molar-refractivity contribution is -0.139. The molecule has 42 heavy (non-hydrogen) atoms. The van der Waals surface area contributed by atoms with Crippen molar-refractivity contribution < 1.29 is 36.2 Å².